The molecule has 0 bridgehead atoms. The summed E-state index contributed by atoms with van der Waals surface area (Å²) in [5, 5.41) is 0. The Hall–Kier alpha value is 0.486. The van der Waals surface area contributed by atoms with Gasteiger partial charge in [-0.1, -0.05) is 45.0 Å². The topological polar surface area (TPSA) is 146 Å². The first kappa shape index (κ1) is 30.5. The highest BCUT2D eigenvalue weighted by molar-refractivity contribution is 7.77. The number of hydrogen-bond donors (Lipinski definition) is 0. The zero-order valence-electron chi connectivity index (χ0n) is 18.8. The molecule has 1 saturated carbocycles. The Bertz CT molecular complexity index is 941. The molecule has 32 heavy (non-hydrogen) atoms. The van der Waals surface area contributed by atoms with Gasteiger partial charge in [0.2, 0.25) is 0 Å². The van der Waals surface area contributed by atoms with Gasteiger partial charge in [0.25, 0.3) is 9.28 Å². The van der Waals surface area contributed by atoms with E-state index in [1.54, 1.807) is 13.1 Å². The second-order valence-corrected chi connectivity index (χ2v) is 61.6. The molecule has 0 spiro atoms. The highest BCUT2D eigenvalue weighted by Crippen LogP contribution is 2.49. The molecule has 1 atom stereocenters. The van der Waals surface area contributed by atoms with E-state index in [-0.39, 0.29) is 5.54 Å². The highest BCUT2D eigenvalue weighted by atomic mass is 30.1. The van der Waals surface area contributed by atoms with Crippen molar-refractivity contribution in [1.29, 1.82) is 0 Å². The predicted molar refractivity (Wildman–Crippen MR) is 131 cm³/mol. The van der Waals surface area contributed by atoms with Crippen molar-refractivity contribution in [3.63, 3.8) is 0 Å². The fraction of sp³-hybridized carbons (Fsp3) is 0.833. The average Bonchev–Trinajstić information content (AvgIpc) is 3.49. The Labute approximate surface area is 201 Å². The number of hydrogen-bond acceptors (Lipinski definition) is 9. The van der Waals surface area contributed by atoms with Crippen molar-refractivity contribution in [2.45, 2.75) is 64.0 Å². The normalized spacial score (nSPS) is 15.7. The van der Waals surface area contributed by atoms with Crippen LogP contribution in [0.3, 0.4) is 0 Å². The minimum atomic E-state index is -3.60. The van der Waals surface area contributed by atoms with E-state index in [1.807, 2.05) is 20.0 Å². The molecule has 1 fully saturated rings. The van der Waals surface area contributed by atoms with Crippen molar-refractivity contribution in [3.8, 4) is 0 Å². The summed E-state index contributed by atoms with van der Waals surface area (Å²) in [6, 6.07) is 0.829. The number of rotatable bonds is 15. The van der Waals surface area contributed by atoms with Crippen LogP contribution in [0, 0.1) is 0 Å². The van der Waals surface area contributed by atoms with E-state index >= 15 is 0 Å². The Morgan fingerprint density at radius 3 is 1.75 bits per heavy atom. The van der Waals surface area contributed by atoms with Gasteiger partial charge in [-0.2, -0.15) is 0 Å². The van der Waals surface area contributed by atoms with Crippen molar-refractivity contribution < 1.29 is 39.8 Å². The third-order valence-electron chi connectivity index (χ3n) is 5.25. The van der Waals surface area contributed by atoms with E-state index < -0.39 is 86.9 Å². The van der Waals surface area contributed by atoms with E-state index in [1.165, 1.54) is 0 Å². The van der Waals surface area contributed by atoms with Gasteiger partial charge in [-0.05, 0) is 31.1 Å². The Balaban J connectivity index is 2.77. The van der Waals surface area contributed by atoms with E-state index in [0.29, 0.717) is 6.42 Å². The molecule has 2 radical (unpaired) electrons. The standard InChI is InChI=1S/C12H26O9Si11/c1-7-8-9-31(3,4)21-22-23(13)24(14)25(15)26(16)27(17)28(18)29(19)30(20)32(5,6)12-10-11(12)2/h12H,2,7-10H2,1,3-6H3. The van der Waals surface area contributed by atoms with Crippen molar-refractivity contribution in [3.05, 3.63) is 12.2 Å². The number of allylic oxidation sites excluding steroid dienone is 1. The first-order valence-electron chi connectivity index (χ1n) is 10.0. The van der Waals surface area contributed by atoms with E-state index in [4.69, 9.17) is 4.12 Å². The summed E-state index contributed by atoms with van der Waals surface area (Å²) in [6.45, 7) is 13.2. The summed E-state index contributed by atoms with van der Waals surface area (Å²) in [5.41, 5.74) is 0.929. The van der Waals surface area contributed by atoms with Crippen LogP contribution in [-0.2, 0) is 39.8 Å². The van der Waals surface area contributed by atoms with E-state index in [9.17, 15) is 35.7 Å². The van der Waals surface area contributed by atoms with Crippen LogP contribution in [0.15, 0.2) is 12.2 Å². The van der Waals surface area contributed by atoms with Crippen LogP contribution in [0.5, 0.6) is 0 Å². The van der Waals surface area contributed by atoms with Gasteiger partial charge in [-0.15, -0.1) is 0 Å². The molecule has 0 aromatic carbocycles. The molecule has 1 unspecified atom stereocenters. The second-order valence-electron chi connectivity index (χ2n) is 8.84. The third-order valence-corrected chi connectivity index (χ3v) is 81.8. The summed E-state index contributed by atoms with van der Waals surface area (Å²) in [5.74, 6) is 0. The Morgan fingerprint density at radius 1 is 0.875 bits per heavy atom. The van der Waals surface area contributed by atoms with Crippen molar-refractivity contribution in [2.75, 3.05) is 0 Å². The molecule has 0 aromatic heterocycles. The molecule has 0 N–H and O–H groups in total. The third kappa shape index (κ3) is 8.02. The second kappa shape index (κ2) is 12.4. The molecule has 172 valence electrons. The van der Waals surface area contributed by atoms with E-state index in [0.717, 1.165) is 24.5 Å². The lowest BCUT2D eigenvalue weighted by Gasteiger charge is -2.21. The Morgan fingerprint density at radius 2 is 1.31 bits per heavy atom. The molecule has 1 aliphatic rings. The van der Waals surface area contributed by atoms with Gasteiger partial charge in [0.05, 0.1) is 0 Å². The van der Waals surface area contributed by atoms with Gasteiger partial charge in [-0.25, -0.2) is 0 Å². The average molecular weight is 623 g/mol. The number of unbranched alkanes of at least 4 members (excludes halogenated alkanes) is 1. The monoisotopic (exact) mass is 622 g/mol. The molecule has 1 aliphatic carbocycles. The van der Waals surface area contributed by atoms with Crippen LogP contribution in [0.4, 0.5) is 0 Å². The van der Waals surface area contributed by atoms with Crippen molar-refractivity contribution >= 4 is 86.9 Å². The Kier molecular flexibility index (Phi) is 11.9. The SMILES string of the molecule is C=C1CC1[Si](C)(C)[Si](=O)[Si](=O)[Si](=O)[Si](=O)[Si](=O)[Si](=O)[Si](=O)[Si](=O)[Si]O[Si](C)(C)CCCC. The zero-order valence-corrected chi connectivity index (χ0v) is 29.8. The molecule has 0 aromatic rings. The van der Waals surface area contributed by atoms with Crippen LogP contribution < -0.4 is 0 Å². The minimum absolute atomic E-state index is 0.0179. The summed E-state index contributed by atoms with van der Waals surface area (Å²) in [4.78, 5) is 0. The lowest BCUT2D eigenvalue weighted by atomic mass is 10.4. The molecule has 0 aliphatic heterocycles. The first-order valence-corrected chi connectivity index (χ1v) is 37.4. The van der Waals surface area contributed by atoms with Gasteiger partial charge in [0, 0.05) is 0 Å². The molecular formula is C12H26O9Si11. The lowest BCUT2D eigenvalue weighted by molar-refractivity contribution is 0.534. The van der Waals surface area contributed by atoms with Crippen LogP contribution >= 0.6 is 0 Å². The van der Waals surface area contributed by atoms with Crippen molar-refractivity contribution in [2.24, 2.45) is 0 Å². The molecule has 9 nitrogen and oxygen atoms in total. The zero-order chi connectivity index (χ0) is 25.0. The maximum absolute atomic E-state index is 12.8. The highest BCUT2D eigenvalue weighted by Gasteiger charge is 2.56. The minimum Gasteiger partial charge on any atom is -0.454 e. The van der Waals surface area contributed by atoms with E-state index in [2.05, 4.69) is 6.58 Å². The lowest BCUT2D eigenvalue weighted by Crippen LogP contribution is -2.56. The van der Waals surface area contributed by atoms with Crippen LogP contribution in [0.2, 0.25) is 37.8 Å². The van der Waals surface area contributed by atoms with Crippen LogP contribution in [0.1, 0.15) is 26.2 Å². The molecule has 0 amide bonds. The molecular weight excluding hydrogens is 597 g/mol. The van der Waals surface area contributed by atoms with Gasteiger partial charge in [0.15, 0.2) is 8.32 Å². The summed E-state index contributed by atoms with van der Waals surface area (Å²) < 4.78 is 106. The van der Waals surface area contributed by atoms with Gasteiger partial charge in [-0.3, -0.25) is 0 Å². The molecule has 0 saturated heterocycles. The van der Waals surface area contributed by atoms with Crippen LogP contribution in [0.25, 0.3) is 0 Å². The van der Waals surface area contributed by atoms with Gasteiger partial charge in [0.1, 0.15) is 7.59 Å². The quantitative estimate of drug-likeness (QED) is 0.184. The smallest absolute Gasteiger partial charge is 0.381 e. The fourth-order valence-corrected chi connectivity index (χ4v) is 108. The van der Waals surface area contributed by atoms with Gasteiger partial charge >= 0.3 is 61.7 Å². The van der Waals surface area contributed by atoms with Crippen molar-refractivity contribution in [1.82, 2.24) is 0 Å². The predicted octanol–water partition coefficient (Wildman–Crippen LogP) is 0.166. The summed E-state index contributed by atoms with van der Waals surface area (Å²) >= 11 is 0. The molecule has 1 rings (SSSR count). The maximum atomic E-state index is 12.8. The maximum Gasteiger partial charge on any atom is 0.381 e. The molecule has 20 heteroatoms. The largest absolute Gasteiger partial charge is 0.454 e. The summed E-state index contributed by atoms with van der Waals surface area (Å²) in [7, 11) is -31.8. The first-order chi connectivity index (χ1) is 14.6. The van der Waals surface area contributed by atoms with Crippen LogP contribution in [-0.4, -0.2) is 86.9 Å². The molecule has 0 heterocycles. The fourth-order valence-electron chi connectivity index (χ4n) is 2.92. The van der Waals surface area contributed by atoms with Gasteiger partial charge < -0.3 is 39.8 Å². The summed E-state index contributed by atoms with van der Waals surface area (Å²) in [6.07, 6.45) is 2.60.